The number of aromatic hydroxyl groups is 1. The average Bonchev–Trinajstić information content (AvgIpc) is 2.55. The molecule has 0 saturated heterocycles. The number of carbonyl (C=O) groups is 1. The molecule has 8 heteroatoms. The van der Waals surface area contributed by atoms with Crippen molar-refractivity contribution in [3.63, 3.8) is 0 Å². The minimum atomic E-state index is -4.47. The maximum atomic E-state index is 12.7. The molecule has 0 saturated carbocycles. The summed E-state index contributed by atoms with van der Waals surface area (Å²) in [6.45, 7) is 3.48. The van der Waals surface area contributed by atoms with E-state index in [1.54, 1.807) is 50.2 Å². The summed E-state index contributed by atoms with van der Waals surface area (Å²) in [4.78, 5) is 32.4. The number of para-hydroxylation sites is 2. The second-order valence-electron chi connectivity index (χ2n) is 6.12. The van der Waals surface area contributed by atoms with Crippen LogP contribution in [0.2, 0.25) is 0 Å². The number of carbonyl (C=O) groups excluding carboxylic acids is 1. The van der Waals surface area contributed by atoms with Crippen molar-refractivity contribution in [3.8, 4) is 11.5 Å². The van der Waals surface area contributed by atoms with E-state index < -0.39 is 19.8 Å². The number of rotatable bonds is 3. The summed E-state index contributed by atoms with van der Waals surface area (Å²) in [5, 5.41) is 9.87. The summed E-state index contributed by atoms with van der Waals surface area (Å²) in [5.41, 5.74) is 2.23. The van der Waals surface area contributed by atoms with Crippen molar-refractivity contribution in [2.75, 3.05) is 11.2 Å². The second-order valence-corrected chi connectivity index (χ2v) is 7.73. The number of amides is 1. The summed E-state index contributed by atoms with van der Waals surface area (Å²) in [5.74, 6) is -0.187. The monoisotopic (exact) mass is 375 g/mol. The molecular weight excluding hydrogens is 357 g/mol. The summed E-state index contributed by atoms with van der Waals surface area (Å²) >= 11 is 0. The van der Waals surface area contributed by atoms with E-state index in [4.69, 9.17) is 4.74 Å². The van der Waals surface area contributed by atoms with Crippen LogP contribution in [0.15, 0.2) is 42.2 Å². The molecule has 0 unspecified atom stereocenters. The largest absolute Gasteiger partial charge is 0.507 e. The van der Waals surface area contributed by atoms with E-state index in [0.717, 1.165) is 4.90 Å². The van der Waals surface area contributed by atoms with Crippen molar-refractivity contribution < 1.29 is 29.0 Å². The van der Waals surface area contributed by atoms with Crippen LogP contribution in [-0.4, -0.2) is 27.1 Å². The highest BCUT2D eigenvalue weighted by Gasteiger charge is 2.34. The lowest BCUT2D eigenvalue weighted by Crippen LogP contribution is -2.37. The van der Waals surface area contributed by atoms with Gasteiger partial charge in [-0.05, 0) is 60.9 Å². The van der Waals surface area contributed by atoms with Crippen LogP contribution >= 0.6 is 7.60 Å². The van der Waals surface area contributed by atoms with Crippen LogP contribution in [0, 0.1) is 13.8 Å². The Hall–Kier alpha value is -2.60. The number of phenolic OH excluding ortho intramolecular Hbond substituents is 1. The highest BCUT2D eigenvalue weighted by atomic mass is 31.2. The molecule has 0 radical (unpaired) electrons. The predicted molar refractivity (Wildman–Crippen MR) is 97.0 cm³/mol. The Bertz CT molecular complexity index is 939. The number of aryl methyl sites for hydroxylation is 2. The summed E-state index contributed by atoms with van der Waals surface area (Å²) in [6, 6.07) is 9.93. The highest BCUT2D eigenvalue weighted by Crippen LogP contribution is 2.42. The van der Waals surface area contributed by atoms with Crippen molar-refractivity contribution in [2.45, 2.75) is 13.8 Å². The summed E-state index contributed by atoms with van der Waals surface area (Å²) in [6.07, 6.45) is 0.752. The van der Waals surface area contributed by atoms with Gasteiger partial charge >= 0.3 is 7.60 Å². The van der Waals surface area contributed by atoms with Gasteiger partial charge in [0.2, 0.25) is 0 Å². The van der Waals surface area contributed by atoms with Crippen molar-refractivity contribution in [1.82, 2.24) is 0 Å². The minimum Gasteiger partial charge on any atom is -0.507 e. The topological polar surface area (TPSA) is 107 Å². The smallest absolute Gasteiger partial charge is 0.345 e. The number of benzene rings is 2. The lowest BCUT2D eigenvalue weighted by Gasteiger charge is -2.30. The van der Waals surface area contributed by atoms with Crippen LogP contribution in [0.1, 0.15) is 16.7 Å². The normalized spacial score (nSPS) is 15.8. The first-order valence-corrected chi connectivity index (χ1v) is 9.61. The molecular formula is C18H18NO6P. The van der Waals surface area contributed by atoms with Crippen LogP contribution in [0.5, 0.6) is 11.5 Å². The van der Waals surface area contributed by atoms with E-state index in [2.05, 4.69) is 0 Å². The fraction of sp³-hybridized carbons (Fsp3) is 0.167. The van der Waals surface area contributed by atoms with E-state index >= 15 is 0 Å². The van der Waals surface area contributed by atoms with Gasteiger partial charge in [0, 0.05) is 0 Å². The lowest BCUT2D eigenvalue weighted by atomic mass is 10.0. The van der Waals surface area contributed by atoms with Crippen molar-refractivity contribution in [1.29, 1.82) is 0 Å². The molecule has 136 valence electrons. The molecule has 0 fully saturated rings. The number of hydrogen-bond donors (Lipinski definition) is 3. The van der Waals surface area contributed by atoms with Gasteiger partial charge in [0.15, 0.2) is 11.5 Å². The van der Waals surface area contributed by atoms with Gasteiger partial charge in [-0.3, -0.25) is 14.3 Å². The Morgan fingerprint density at radius 2 is 1.77 bits per heavy atom. The fourth-order valence-electron chi connectivity index (χ4n) is 2.81. The minimum absolute atomic E-state index is 0.0540. The van der Waals surface area contributed by atoms with E-state index in [-0.39, 0.29) is 11.5 Å². The summed E-state index contributed by atoms with van der Waals surface area (Å²) in [7, 11) is -4.47. The van der Waals surface area contributed by atoms with Crippen molar-refractivity contribution >= 4 is 25.3 Å². The third-order valence-corrected chi connectivity index (χ3v) is 4.62. The number of nitrogens with zero attached hydrogens (tertiary/aromatic N) is 1. The second kappa shape index (κ2) is 6.61. The maximum Gasteiger partial charge on any atom is 0.345 e. The van der Waals surface area contributed by atoms with E-state index in [1.807, 2.05) is 0 Å². The van der Waals surface area contributed by atoms with Crippen LogP contribution < -0.4 is 9.64 Å². The Kier molecular flexibility index (Phi) is 4.63. The van der Waals surface area contributed by atoms with Gasteiger partial charge in [-0.2, -0.15) is 0 Å². The zero-order chi connectivity index (χ0) is 19.1. The van der Waals surface area contributed by atoms with Gasteiger partial charge in [0.25, 0.3) is 5.91 Å². The lowest BCUT2D eigenvalue weighted by molar-refractivity contribution is -0.117. The molecule has 0 spiro atoms. The average molecular weight is 375 g/mol. The van der Waals surface area contributed by atoms with Crippen LogP contribution in [-0.2, 0) is 9.36 Å². The quantitative estimate of drug-likeness (QED) is 0.562. The van der Waals surface area contributed by atoms with Gasteiger partial charge in [-0.15, -0.1) is 0 Å². The molecule has 0 aliphatic carbocycles. The van der Waals surface area contributed by atoms with Crippen LogP contribution in [0.3, 0.4) is 0 Å². The zero-order valence-corrected chi connectivity index (χ0v) is 15.1. The van der Waals surface area contributed by atoms with Crippen molar-refractivity contribution in [3.05, 3.63) is 58.8 Å². The first kappa shape index (κ1) is 18.2. The first-order chi connectivity index (χ1) is 12.2. The number of ether oxygens (including phenoxy) is 1. The third-order valence-electron chi connectivity index (χ3n) is 3.97. The molecule has 1 heterocycles. The van der Waals surface area contributed by atoms with Gasteiger partial charge in [-0.1, -0.05) is 12.1 Å². The molecule has 7 nitrogen and oxygen atoms in total. The zero-order valence-electron chi connectivity index (χ0n) is 14.2. The molecule has 3 N–H and O–H groups in total. The molecule has 0 bridgehead atoms. The number of fused-ring (bicyclic) bond motifs is 1. The Morgan fingerprint density at radius 3 is 2.38 bits per heavy atom. The van der Waals surface area contributed by atoms with Gasteiger partial charge in [0.1, 0.15) is 12.0 Å². The molecule has 0 aromatic heterocycles. The van der Waals surface area contributed by atoms with Gasteiger partial charge in [-0.25, -0.2) is 0 Å². The van der Waals surface area contributed by atoms with E-state index in [1.165, 1.54) is 6.08 Å². The first-order valence-electron chi connectivity index (χ1n) is 7.81. The Balaban J connectivity index is 2.07. The maximum absolute atomic E-state index is 12.7. The number of phenols is 1. The fourth-order valence-corrected chi connectivity index (χ4v) is 3.46. The molecule has 2 aromatic rings. The third kappa shape index (κ3) is 3.65. The molecule has 0 atom stereocenters. The van der Waals surface area contributed by atoms with E-state index in [9.17, 15) is 24.3 Å². The van der Waals surface area contributed by atoms with Crippen LogP contribution in [0.25, 0.3) is 6.08 Å². The van der Waals surface area contributed by atoms with Crippen molar-refractivity contribution in [2.24, 2.45) is 0 Å². The standard InChI is InChI=1S/C18H18NO6P/c1-11-7-13(8-12(2)17(11)20)9-16-18(21)19(10-26(22,23)24)14-5-3-4-6-15(14)25-16/h3-9,20H,10H2,1-2H3,(H2,22,23,24). The Morgan fingerprint density at radius 1 is 1.15 bits per heavy atom. The predicted octanol–water partition coefficient (Wildman–Crippen LogP) is 2.91. The SMILES string of the molecule is Cc1cc(C=C2Oc3ccccc3N(CP(=O)(O)O)C2=O)cc(C)c1O. The summed E-state index contributed by atoms with van der Waals surface area (Å²) < 4.78 is 17.1. The van der Waals surface area contributed by atoms with Gasteiger partial charge in [0.05, 0.1) is 5.69 Å². The molecule has 1 aliphatic heterocycles. The molecule has 1 amide bonds. The van der Waals surface area contributed by atoms with E-state index in [0.29, 0.717) is 28.1 Å². The van der Waals surface area contributed by atoms with Crippen LogP contribution in [0.4, 0.5) is 5.69 Å². The number of hydrogen-bond acceptors (Lipinski definition) is 4. The van der Waals surface area contributed by atoms with Gasteiger partial charge < -0.3 is 19.6 Å². The molecule has 1 aliphatic rings. The molecule has 26 heavy (non-hydrogen) atoms. The Labute approximate surface area is 150 Å². The highest BCUT2D eigenvalue weighted by molar-refractivity contribution is 7.51. The number of anilines is 1. The molecule has 3 rings (SSSR count). The molecule has 2 aromatic carbocycles.